The highest BCUT2D eigenvalue weighted by Gasteiger charge is 2.24. The third-order valence-electron chi connectivity index (χ3n) is 11.7. The molecule has 0 saturated carbocycles. The van der Waals surface area contributed by atoms with Gasteiger partial charge in [0.2, 0.25) is 0 Å². The van der Waals surface area contributed by atoms with E-state index >= 15 is 4.39 Å². The number of hydrogen-bond donors (Lipinski definition) is 0. The van der Waals surface area contributed by atoms with Crippen LogP contribution in [0.4, 0.5) is 4.39 Å². The van der Waals surface area contributed by atoms with Crippen molar-refractivity contribution in [3.8, 4) is 11.8 Å². The molecule has 5 aromatic heterocycles. The molecule has 0 radical (unpaired) electrons. The van der Waals surface area contributed by atoms with E-state index in [-0.39, 0.29) is 5.82 Å². The van der Waals surface area contributed by atoms with Gasteiger partial charge in [-0.2, -0.15) is 5.26 Å². The molecule has 4 bridgehead atoms. The summed E-state index contributed by atoms with van der Waals surface area (Å²) in [7, 11) is 0. The Morgan fingerprint density at radius 3 is 1.80 bits per heavy atom. The molecule has 0 amide bonds. The van der Waals surface area contributed by atoms with E-state index in [1.807, 2.05) is 0 Å². The van der Waals surface area contributed by atoms with E-state index in [9.17, 15) is 5.26 Å². The molecule has 0 aliphatic carbocycles. The quantitative estimate of drug-likeness (QED) is 0.165. The van der Waals surface area contributed by atoms with Crippen LogP contribution in [0.2, 0.25) is 0 Å². The van der Waals surface area contributed by atoms with Gasteiger partial charge < -0.3 is 8.97 Å². The van der Waals surface area contributed by atoms with Gasteiger partial charge in [0.25, 0.3) is 0 Å². The third-order valence-corrected chi connectivity index (χ3v) is 14.0. The second kappa shape index (κ2) is 10.5. The first-order valence-corrected chi connectivity index (χ1v) is 19.9. The zero-order valence-corrected chi connectivity index (χ0v) is 30.5. The number of aromatic nitrogens is 2. The number of thiophene rings is 2. The minimum absolute atomic E-state index is 0.307. The van der Waals surface area contributed by atoms with Gasteiger partial charge in [0, 0.05) is 67.3 Å². The monoisotopic (exact) mass is 737 g/mol. The summed E-state index contributed by atoms with van der Waals surface area (Å²) in [5, 5.41) is 24.2. The molecule has 0 aliphatic rings. The molecule has 0 spiro atoms. The van der Waals surface area contributed by atoms with E-state index in [1.54, 1.807) is 34.8 Å². The van der Waals surface area contributed by atoms with Crippen molar-refractivity contribution in [3.63, 3.8) is 0 Å². The van der Waals surface area contributed by atoms with Crippen molar-refractivity contribution in [2.24, 2.45) is 0 Å². The molecule has 5 heterocycles. The van der Waals surface area contributed by atoms with Crippen molar-refractivity contribution in [1.29, 1.82) is 5.26 Å². The van der Waals surface area contributed by atoms with Crippen LogP contribution in [0.1, 0.15) is 5.56 Å². The van der Waals surface area contributed by atoms with Gasteiger partial charge in [-0.1, -0.05) is 84.9 Å². The van der Waals surface area contributed by atoms with Crippen molar-refractivity contribution in [1.82, 2.24) is 8.97 Å². The van der Waals surface area contributed by atoms with Crippen LogP contribution in [0.5, 0.6) is 0 Å². The molecule has 0 atom stereocenters. The van der Waals surface area contributed by atoms with E-state index in [1.165, 1.54) is 35.0 Å². The Labute approximate surface area is 319 Å². The van der Waals surface area contributed by atoms with E-state index in [0.29, 0.717) is 5.56 Å². The highest BCUT2D eigenvalue weighted by molar-refractivity contribution is 7.26. The first-order chi connectivity index (χ1) is 27.1. The van der Waals surface area contributed by atoms with Gasteiger partial charge in [-0.3, -0.25) is 0 Å². The van der Waals surface area contributed by atoms with Crippen LogP contribution in [-0.2, 0) is 0 Å². The van der Waals surface area contributed by atoms with Gasteiger partial charge in [0.05, 0.1) is 33.3 Å². The molecule has 0 N–H and O–H groups in total. The van der Waals surface area contributed by atoms with Crippen LogP contribution in [0.3, 0.4) is 0 Å². The Bertz CT molecular complexity index is 3930. The number of fused-ring (bicyclic) bond motifs is 21. The maximum absolute atomic E-state index is 15.7. The largest absolute Gasteiger partial charge is 0.307 e. The lowest BCUT2D eigenvalue weighted by molar-refractivity contribution is 0.631. The fourth-order valence-electron chi connectivity index (χ4n) is 9.49. The molecular weight excluding hydrogens is 714 g/mol. The number of rotatable bonds is 1. The van der Waals surface area contributed by atoms with Crippen LogP contribution < -0.4 is 0 Å². The molecule has 55 heavy (non-hydrogen) atoms. The summed E-state index contributed by atoms with van der Waals surface area (Å²) in [6.07, 6.45) is 0. The molecule has 0 aliphatic heterocycles. The van der Waals surface area contributed by atoms with E-state index in [0.717, 1.165) is 81.7 Å². The summed E-state index contributed by atoms with van der Waals surface area (Å²) in [5.74, 6) is -0.307. The van der Waals surface area contributed by atoms with Gasteiger partial charge >= 0.3 is 0 Å². The minimum Gasteiger partial charge on any atom is -0.307 e. The first-order valence-electron chi connectivity index (χ1n) is 18.3. The normalized spacial score (nSPS) is 12.4. The van der Waals surface area contributed by atoms with Gasteiger partial charge in [-0.25, -0.2) is 4.39 Å². The van der Waals surface area contributed by atoms with Crippen molar-refractivity contribution < 1.29 is 4.39 Å². The predicted molar refractivity (Wildman–Crippen MR) is 232 cm³/mol. The topological polar surface area (TPSA) is 33.1 Å². The summed E-state index contributed by atoms with van der Waals surface area (Å²) >= 11 is 3.58. The van der Waals surface area contributed by atoms with Crippen molar-refractivity contribution in [2.75, 3.05) is 0 Å². The summed E-state index contributed by atoms with van der Waals surface area (Å²) in [5.41, 5.74) is 6.24. The molecule has 3 nitrogen and oxygen atoms in total. The first kappa shape index (κ1) is 29.6. The summed E-state index contributed by atoms with van der Waals surface area (Å²) < 4.78 is 25.2. The Morgan fingerprint density at radius 2 is 1.05 bits per heavy atom. The number of hydrogen-bond acceptors (Lipinski definition) is 3. The maximum Gasteiger partial charge on any atom is 0.124 e. The number of para-hydroxylation sites is 1. The molecule has 254 valence electrons. The Morgan fingerprint density at radius 1 is 0.455 bits per heavy atom. The highest BCUT2D eigenvalue weighted by Crippen LogP contribution is 2.46. The van der Waals surface area contributed by atoms with Crippen LogP contribution >= 0.6 is 22.7 Å². The molecule has 6 heteroatoms. The minimum atomic E-state index is -0.307. The summed E-state index contributed by atoms with van der Waals surface area (Å²) in [6.45, 7) is 0. The molecule has 8 aromatic carbocycles. The Hall–Kier alpha value is -6.78. The highest BCUT2D eigenvalue weighted by atomic mass is 32.1. The number of nitrogens with zero attached hydrogens (tertiary/aromatic N) is 3. The molecule has 13 aromatic rings. The van der Waals surface area contributed by atoms with Crippen molar-refractivity contribution >= 4 is 134 Å². The predicted octanol–water partition coefficient (Wildman–Crippen LogP) is 14.4. The lowest BCUT2D eigenvalue weighted by Gasteiger charge is -2.14. The van der Waals surface area contributed by atoms with Crippen LogP contribution in [-0.4, -0.2) is 8.97 Å². The SMILES string of the molecule is N#Cc1c(-n2c3ccccc3c3ccc4sc5ccccc5c4c32)ccc2c3cc(F)cc(c3)c3ccc4c5ccc6sc7ccccc7c6c5n(c4c3)c12. The van der Waals surface area contributed by atoms with Gasteiger partial charge in [-0.15, -0.1) is 22.7 Å². The van der Waals surface area contributed by atoms with Crippen LogP contribution in [0.15, 0.2) is 146 Å². The maximum atomic E-state index is 15.7. The van der Waals surface area contributed by atoms with E-state index in [4.69, 9.17) is 0 Å². The smallest absolute Gasteiger partial charge is 0.124 e. The summed E-state index contributed by atoms with van der Waals surface area (Å²) in [6, 6.07) is 53.3. The average molecular weight is 738 g/mol. The van der Waals surface area contributed by atoms with Crippen LogP contribution in [0, 0.1) is 17.1 Å². The number of halogens is 1. The Kier molecular flexibility index (Phi) is 5.64. The Balaban J connectivity index is 1.35. The second-order valence-corrected chi connectivity index (χ2v) is 16.6. The number of nitriles is 1. The van der Waals surface area contributed by atoms with E-state index in [2.05, 4.69) is 148 Å². The molecule has 0 saturated heterocycles. The fourth-order valence-corrected chi connectivity index (χ4v) is 11.7. The molecular formula is C49H24FN3S2. The fraction of sp³-hybridized carbons (Fsp3) is 0. The zero-order chi connectivity index (χ0) is 36.1. The zero-order valence-electron chi connectivity index (χ0n) is 28.9. The van der Waals surface area contributed by atoms with Gasteiger partial charge in [0.1, 0.15) is 17.4 Å². The third kappa shape index (κ3) is 3.76. The van der Waals surface area contributed by atoms with Crippen LogP contribution in [0.25, 0.3) is 117 Å². The van der Waals surface area contributed by atoms with Gasteiger partial charge in [0.15, 0.2) is 0 Å². The lowest BCUT2D eigenvalue weighted by atomic mass is 10.0. The molecule has 13 rings (SSSR count). The molecule has 0 fully saturated rings. The van der Waals surface area contributed by atoms with E-state index < -0.39 is 0 Å². The summed E-state index contributed by atoms with van der Waals surface area (Å²) in [4.78, 5) is 0. The van der Waals surface area contributed by atoms with Gasteiger partial charge in [-0.05, 0) is 76.8 Å². The average Bonchev–Trinajstić information content (AvgIpc) is 3.97. The lowest BCUT2D eigenvalue weighted by Crippen LogP contribution is -2.01. The second-order valence-electron chi connectivity index (χ2n) is 14.5. The standard InChI is InChI=1S/C49H24FN3S2/c50-29-22-27-21-28(23-29)30-15-18-39(52-38-10-4-1-7-31(38)33-16-19-43-45(48(33)52)35-8-2-5-11-41(35)54-43)37(25-51)47(30)53-40-24-26(27)13-14-32(40)34-17-20-44-46(49(34)53)36-9-3-6-12-42(36)55-44/h1-24H. The molecule has 0 unspecified atom stereocenters. The number of benzene rings is 8. The van der Waals surface area contributed by atoms with Crippen molar-refractivity contribution in [2.45, 2.75) is 0 Å². The van der Waals surface area contributed by atoms with Crippen molar-refractivity contribution in [3.05, 3.63) is 157 Å².